The second kappa shape index (κ2) is 9.56. The van der Waals surface area contributed by atoms with Gasteiger partial charge < -0.3 is 20.4 Å². The number of pyridine rings is 1. The molecule has 4 heterocycles. The maximum absolute atomic E-state index is 12.8. The Bertz CT molecular complexity index is 1530. The Kier molecular flexibility index (Phi) is 5.93. The van der Waals surface area contributed by atoms with Gasteiger partial charge in [0, 0.05) is 30.1 Å². The zero-order valence-electron chi connectivity index (χ0n) is 20.6. The SMILES string of the molecule is C[C@@H]1COCCN1c1cc(-c2ccc(N3C(=O)C(=O)c4ccccc43)cc2)c(C=N)c(Nc2ccn[nH]2)n1. The lowest BCUT2D eigenvalue weighted by Crippen LogP contribution is -2.44. The number of anilines is 5. The number of carbonyl (C=O) groups excluding carboxylic acids is 2. The highest BCUT2D eigenvalue weighted by atomic mass is 16.5. The first-order chi connectivity index (χ1) is 18.5. The van der Waals surface area contributed by atoms with E-state index in [-0.39, 0.29) is 6.04 Å². The summed E-state index contributed by atoms with van der Waals surface area (Å²) in [5.41, 5.74) is 3.84. The molecule has 0 saturated carbocycles. The van der Waals surface area contributed by atoms with Crippen LogP contribution in [-0.2, 0) is 9.53 Å². The third-order valence-electron chi connectivity index (χ3n) is 6.83. The van der Waals surface area contributed by atoms with Crippen LogP contribution in [0.4, 0.5) is 28.8 Å². The van der Waals surface area contributed by atoms with Gasteiger partial charge in [0.15, 0.2) is 0 Å². The molecule has 3 N–H and O–H groups in total. The number of para-hydroxylation sites is 1. The molecule has 0 radical (unpaired) electrons. The number of ether oxygens (including phenoxy) is 1. The molecule has 0 spiro atoms. The van der Waals surface area contributed by atoms with Gasteiger partial charge in [0.25, 0.3) is 5.78 Å². The number of hydrogen-bond acceptors (Lipinski definition) is 8. The van der Waals surface area contributed by atoms with Gasteiger partial charge in [0.1, 0.15) is 17.5 Å². The minimum atomic E-state index is -0.572. The number of fused-ring (bicyclic) bond motifs is 1. The largest absolute Gasteiger partial charge is 0.377 e. The maximum Gasteiger partial charge on any atom is 0.304 e. The van der Waals surface area contributed by atoms with Crippen LogP contribution in [0.15, 0.2) is 66.9 Å². The number of rotatable bonds is 6. The van der Waals surface area contributed by atoms with E-state index < -0.39 is 11.7 Å². The predicted molar refractivity (Wildman–Crippen MR) is 145 cm³/mol. The van der Waals surface area contributed by atoms with E-state index in [1.165, 1.54) is 11.1 Å². The number of nitrogens with zero attached hydrogens (tertiary/aromatic N) is 4. The van der Waals surface area contributed by atoms with Crippen LogP contribution in [0.5, 0.6) is 0 Å². The van der Waals surface area contributed by atoms with E-state index in [4.69, 9.17) is 15.1 Å². The molecule has 38 heavy (non-hydrogen) atoms. The summed E-state index contributed by atoms with van der Waals surface area (Å²) in [7, 11) is 0. The molecule has 4 aromatic rings. The van der Waals surface area contributed by atoms with Gasteiger partial charge in [0.05, 0.1) is 36.7 Å². The lowest BCUT2D eigenvalue weighted by atomic mass is 10.00. The van der Waals surface area contributed by atoms with Crippen molar-refractivity contribution in [2.75, 3.05) is 34.9 Å². The normalized spacial score (nSPS) is 17.0. The van der Waals surface area contributed by atoms with Crippen molar-refractivity contribution in [1.29, 1.82) is 5.41 Å². The van der Waals surface area contributed by atoms with Gasteiger partial charge in [-0.2, -0.15) is 5.10 Å². The number of ketones is 1. The van der Waals surface area contributed by atoms with Gasteiger partial charge >= 0.3 is 5.91 Å². The average molecular weight is 508 g/mol. The molecule has 1 fully saturated rings. The number of hydrogen-bond donors (Lipinski definition) is 3. The molecule has 0 aliphatic carbocycles. The molecule has 2 aliphatic heterocycles. The highest BCUT2D eigenvalue weighted by Crippen LogP contribution is 2.38. The van der Waals surface area contributed by atoms with Crippen molar-refractivity contribution < 1.29 is 14.3 Å². The molecule has 190 valence electrons. The fourth-order valence-electron chi connectivity index (χ4n) is 4.92. The first kappa shape index (κ1) is 23.6. The molecule has 2 aromatic heterocycles. The van der Waals surface area contributed by atoms with Crippen molar-refractivity contribution in [3.05, 3.63) is 78.0 Å². The maximum atomic E-state index is 12.8. The fourth-order valence-corrected chi connectivity index (χ4v) is 4.92. The smallest absolute Gasteiger partial charge is 0.304 e. The molecular weight excluding hydrogens is 482 g/mol. The lowest BCUT2D eigenvalue weighted by molar-refractivity contribution is -0.113. The number of aromatic amines is 1. The Labute approximate surface area is 218 Å². The van der Waals surface area contributed by atoms with E-state index in [9.17, 15) is 9.59 Å². The summed E-state index contributed by atoms with van der Waals surface area (Å²) in [6, 6.07) is 18.3. The van der Waals surface area contributed by atoms with E-state index in [2.05, 4.69) is 27.3 Å². The molecule has 6 rings (SSSR count). The van der Waals surface area contributed by atoms with Gasteiger partial charge in [-0.05, 0) is 48.4 Å². The minimum absolute atomic E-state index is 0.135. The second-order valence-electron chi connectivity index (χ2n) is 9.18. The number of carbonyl (C=O) groups is 2. The number of Topliss-reactive ketones (excluding diaryl/α,β-unsaturated/α-hetero) is 1. The quantitative estimate of drug-likeness (QED) is 0.262. The van der Waals surface area contributed by atoms with Crippen molar-refractivity contribution in [2.45, 2.75) is 13.0 Å². The van der Waals surface area contributed by atoms with Gasteiger partial charge in [-0.1, -0.05) is 24.3 Å². The number of H-pyrrole nitrogens is 1. The fraction of sp³-hybridized carbons (Fsp3) is 0.179. The Morgan fingerprint density at radius 3 is 2.66 bits per heavy atom. The summed E-state index contributed by atoms with van der Waals surface area (Å²) in [6.45, 7) is 4.00. The van der Waals surface area contributed by atoms with Crippen LogP contribution in [0.25, 0.3) is 11.1 Å². The van der Waals surface area contributed by atoms with Crippen LogP contribution in [0, 0.1) is 5.41 Å². The molecule has 0 bridgehead atoms. The van der Waals surface area contributed by atoms with E-state index in [1.807, 2.05) is 36.4 Å². The van der Waals surface area contributed by atoms with Crippen LogP contribution in [0.2, 0.25) is 0 Å². The molecule has 2 aromatic carbocycles. The van der Waals surface area contributed by atoms with Crippen LogP contribution >= 0.6 is 0 Å². The summed E-state index contributed by atoms with van der Waals surface area (Å²) >= 11 is 0. The third-order valence-corrected chi connectivity index (χ3v) is 6.83. The van der Waals surface area contributed by atoms with E-state index >= 15 is 0 Å². The molecule has 1 amide bonds. The van der Waals surface area contributed by atoms with Gasteiger partial charge in [-0.3, -0.25) is 19.6 Å². The average Bonchev–Trinajstić information content (AvgIpc) is 3.55. The first-order valence-corrected chi connectivity index (χ1v) is 12.3. The summed E-state index contributed by atoms with van der Waals surface area (Å²) < 4.78 is 5.62. The van der Waals surface area contributed by atoms with E-state index in [0.717, 1.165) is 16.9 Å². The standard InChI is InChI=1S/C28H25N7O3/c1-17-16-38-13-12-34(17)25-14-21(22(15-29)27(32-25)31-24-10-11-30-33-24)18-6-8-19(9-7-18)35-23-5-3-2-4-20(23)26(36)28(35)37/h2-11,14-15,17,29H,12-13,16H2,1H3,(H2,30,31,32,33)/t17-/m1/s1. The second-order valence-corrected chi connectivity index (χ2v) is 9.18. The monoisotopic (exact) mass is 507 g/mol. The van der Waals surface area contributed by atoms with E-state index in [0.29, 0.717) is 53.9 Å². The summed E-state index contributed by atoms with van der Waals surface area (Å²) in [4.78, 5) is 33.8. The van der Waals surface area contributed by atoms with Gasteiger partial charge in [-0.25, -0.2) is 4.98 Å². The summed E-state index contributed by atoms with van der Waals surface area (Å²) in [6.07, 6.45) is 2.92. The van der Waals surface area contributed by atoms with Crippen LogP contribution in [0.1, 0.15) is 22.8 Å². The Morgan fingerprint density at radius 2 is 1.92 bits per heavy atom. The topological polar surface area (TPSA) is 127 Å². The number of benzene rings is 2. The number of amides is 1. The Morgan fingerprint density at radius 1 is 1.11 bits per heavy atom. The predicted octanol–water partition coefficient (Wildman–Crippen LogP) is 4.30. The molecule has 2 aliphatic rings. The molecule has 1 saturated heterocycles. The van der Waals surface area contributed by atoms with E-state index in [1.54, 1.807) is 30.5 Å². The number of aromatic nitrogens is 3. The van der Waals surface area contributed by atoms with Crippen LogP contribution in [0.3, 0.4) is 0 Å². The number of morpholine rings is 1. The number of nitrogens with one attached hydrogen (secondary N) is 3. The van der Waals surface area contributed by atoms with Crippen LogP contribution < -0.4 is 15.1 Å². The van der Waals surface area contributed by atoms with Crippen molar-refractivity contribution in [3.8, 4) is 11.1 Å². The zero-order valence-corrected chi connectivity index (χ0v) is 20.6. The minimum Gasteiger partial charge on any atom is -0.377 e. The molecule has 10 nitrogen and oxygen atoms in total. The highest BCUT2D eigenvalue weighted by Gasteiger charge is 2.36. The Balaban J connectivity index is 1.43. The highest BCUT2D eigenvalue weighted by molar-refractivity contribution is 6.53. The van der Waals surface area contributed by atoms with Crippen LogP contribution in [-0.4, -0.2) is 58.9 Å². The molecule has 1 atom stereocenters. The molecular formula is C28H25N7O3. The van der Waals surface area contributed by atoms with Gasteiger partial charge in [0.2, 0.25) is 0 Å². The van der Waals surface area contributed by atoms with Crippen molar-refractivity contribution in [3.63, 3.8) is 0 Å². The van der Waals surface area contributed by atoms with Crippen molar-refractivity contribution >= 4 is 46.7 Å². The Hall–Kier alpha value is -4.83. The van der Waals surface area contributed by atoms with Crippen molar-refractivity contribution in [1.82, 2.24) is 15.2 Å². The third kappa shape index (κ3) is 4.00. The first-order valence-electron chi connectivity index (χ1n) is 12.3. The zero-order chi connectivity index (χ0) is 26.2. The van der Waals surface area contributed by atoms with Gasteiger partial charge in [-0.15, -0.1) is 0 Å². The van der Waals surface area contributed by atoms with Crippen molar-refractivity contribution in [2.24, 2.45) is 0 Å². The molecule has 10 heteroatoms. The lowest BCUT2D eigenvalue weighted by Gasteiger charge is -2.35. The summed E-state index contributed by atoms with van der Waals surface area (Å²) in [5.74, 6) is 0.863. The summed E-state index contributed by atoms with van der Waals surface area (Å²) in [5, 5.41) is 18.4. The molecule has 0 unspecified atom stereocenters.